The first-order valence-electron chi connectivity index (χ1n) is 12.5. The second-order valence-corrected chi connectivity index (χ2v) is 11.0. The maximum Gasteiger partial charge on any atom is 0.254 e. The highest BCUT2D eigenvalue weighted by molar-refractivity contribution is 9.10. The summed E-state index contributed by atoms with van der Waals surface area (Å²) in [5.74, 6) is -0.811. The number of halogens is 1. The van der Waals surface area contributed by atoms with Gasteiger partial charge in [-0.05, 0) is 50.6 Å². The van der Waals surface area contributed by atoms with E-state index in [0.29, 0.717) is 11.6 Å². The quantitative estimate of drug-likeness (QED) is 0.606. The molecule has 3 aliphatic rings. The number of allylic oxidation sites excluding steroid dienone is 1. The van der Waals surface area contributed by atoms with E-state index < -0.39 is 5.92 Å². The smallest absolute Gasteiger partial charge is 0.254 e. The number of carbonyl (C=O) groups excluding carboxylic acids is 2. The second-order valence-electron chi connectivity index (χ2n) is 10.1. The minimum Gasteiger partial charge on any atom is -0.351 e. The summed E-state index contributed by atoms with van der Waals surface area (Å²) in [5.41, 5.74) is 3.31. The zero-order chi connectivity index (χ0) is 24.5. The fourth-order valence-electron chi connectivity index (χ4n) is 5.48. The van der Waals surface area contributed by atoms with E-state index in [4.69, 9.17) is 0 Å². The highest BCUT2D eigenvalue weighted by Crippen LogP contribution is 2.33. The third-order valence-electron chi connectivity index (χ3n) is 7.49. The topological polar surface area (TPSA) is 82.8 Å². The molecule has 2 aromatic rings. The number of likely N-dealkylation sites (N-methyl/N-ethyl adjacent to an activating group) is 1. The first-order valence-corrected chi connectivity index (χ1v) is 13.3. The molecule has 2 amide bonds. The van der Waals surface area contributed by atoms with Gasteiger partial charge in [0.2, 0.25) is 0 Å². The Morgan fingerprint density at radius 1 is 1.17 bits per heavy atom. The zero-order valence-corrected chi connectivity index (χ0v) is 22.1. The SMILES string of the molecule is CC1=NC(=O)C(CNC(=O)c2cc(Br)cc3c2cnn3C2CCCC2)C(CN2CCN(C)CC2)=C1. The molecule has 1 saturated carbocycles. The van der Waals surface area contributed by atoms with Crippen LogP contribution in [-0.2, 0) is 4.79 Å². The standard InChI is InChI=1S/C26H33BrN6O2/c1-17-11-18(16-32-9-7-31(2)8-10-32)22(26(35)30-17)14-28-25(34)21-12-19(27)13-24-23(21)15-29-33(24)20-5-3-4-6-20/h11-13,15,20,22H,3-10,14,16H2,1-2H3,(H,28,34). The zero-order valence-electron chi connectivity index (χ0n) is 20.5. The van der Waals surface area contributed by atoms with Crippen LogP contribution in [0.5, 0.6) is 0 Å². The number of hydrogen-bond donors (Lipinski definition) is 1. The van der Waals surface area contributed by atoms with Crippen molar-refractivity contribution in [2.45, 2.75) is 38.6 Å². The van der Waals surface area contributed by atoms with Gasteiger partial charge in [-0.15, -0.1) is 0 Å². The Morgan fingerprint density at radius 3 is 2.66 bits per heavy atom. The summed E-state index contributed by atoms with van der Waals surface area (Å²) in [5, 5.41) is 8.51. The molecule has 1 aromatic carbocycles. The minimum atomic E-state index is -0.439. The molecule has 2 aliphatic heterocycles. The molecule has 1 unspecified atom stereocenters. The molecule has 0 radical (unpaired) electrons. The number of dihydropyridines is 1. The predicted octanol–water partition coefficient (Wildman–Crippen LogP) is 3.43. The van der Waals surface area contributed by atoms with Crippen LogP contribution in [0.4, 0.5) is 0 Å². The number of hydrogen-bond acceptors (Lipinski definition) is 5. The lowest BCUT2D eigenvalue weighted by Crippen LogP contribution is -2.46. The van der Waals surface area contributed by atoms with Crippen LogP contribution in [0.25, 0.3) is 10.9 Å². The third kappa shape index (κ3) is 5.27. The van der Waals surface area contributed by atoms with E-state index >= 15 is 0 Å². The summed E-state index contributed by atoms with van der Waals surface area (Å²) in [6.07, 6.45) is 8.49. The number of carbonyl (C=O) groups is 2. The van der Waals surface area contributed by atoms with Gasteiger partial charge in [0.1, 0.15) is 0 Å². The highest BCUT2D eigenvalue weighted by Gasteiger charge is 2.29. The average Bonchev–Trinajstić information content (AvgIpc) is 3.49. The number of nitrogens with one attached hydrogen (secondary N) is 1. The molecule has 0 bridgehead atoms. The van der Waals surface area contributed by atoms with Crippen molar-refractivity contribution in [2.75, 3.05) is 46.3 Å². The molecule has 9 heteroatoms. The Morgan fingerprint density at radius 2 is 1.91 bits per heavy atom. The molecule has 5 rings (SSSR count). The van der Waals surface area contributed by atoms with E-state index in [1.165, 1.54) is 12.8 Å². The summed E-state index contributed by atoms with van der Waals surface area (Å²) in [6.45, 7) is 6.79. The number of fused-ring (bicyclic) bond motifs is 1. The molecule has 0 spiro atoms. The van der Waals surface area contributed by atoms with Gasteiger partial charge in [0, 0.05) is 54.8 Å². The molecule has 1 saturated heterocycles. The number of aliphatic imine (C=N–C) groups is 1. The fourth-order valence-corrected chi connectivity index (χ4v) is 5.92. The van der Waals surface area contributed by atoms with Crippen molar-refractivity contribution < 1.29 is 9.59 Å². The Labute approximate surface area is 214 Å². The van der Waals surface area contributed by atoms with Crippen LogP contribution in [0.15, 0.2) is 39.4 Å². The maximum atomic E-state index is 13.3. The van der Waals surface area contributed by atoms with Gasteiger partial charge < -0.3 is 10.2 Å². The van der Waals surface area contributed by atoms with Crippen LogP contribution in [0.1, 0.15) is 49.0 Å². The summed E-state index contributed by atoms with van der Waals surface area (Å²) < 4.78 is 2.92. The largest absolute Gasteiger partial charge is 0.351 e. The molecule has 8 nitrogen and oxygen atoms in total. The van der Waals surface area contributed by atoms with Gasteiger partial charge in [-0.3, -0.25) is 19.2 Å². The maximum absolute atomic E-state index is 13.3. The second kappa shape index (κ2) is 10.3. The van der Waals surface area contributed by atoms with Crippen molar-refractivity contribution >= 4 is 44.4 Å². The molecule has 35 heavy (non-hydrogen) atoms. The summed E-state index contributed by atoms with van der Waals surface area (Å²) >= 11 is 3.58. The number of aromatic nitrogens is 2. The molecule has 1 atom stereocenters. The average molecular weight is 541 g/mol. The number of nitrogens with zero attached hydrogens (tertiary/aromatic N) is 5. The monoisotopic (exact) mass is 540 g/mol. The van der Waals surface area contributed by atoms with Crippen molar-refractivity contribution in [2.24, 2.45) is 10.9 Å². The Balaban J connectivity index is 1.32. The highest BCUT2D eigenvalue weighted by atomic mass is 79.9. The molecular formula is C26H33BrN6O2. The van der Waals surface area contributed by atoms with E-state index in [1.807, 2.05) is 25.1 Å². The molecule has 186 valence electrons. The number of amides is 2. The molecule has 2 fully saturated rings. The van der Waals surface area contributed by atoms with Gasteiger partial charge in [-0.25, -0.2) is 4.99 Å². The molecular weight excluding hydrogens is 508 g/mol. The van der Waals surface area contributed by atoms with E-state index in [2.05, 4.69) is 52.9 Å². The van der Waals surface area contributed by atoms with E-state index in [9.17, 15) is 9.59 Å². The van der Waals surface area contributed by atoms with E-state index in [-0.39, 0.29) is 18.4 Å². The first-order chi connectivity index (χ1) is 16.9. The van der Waals surface area contributed by atoms with E-state index in [1.54, 1.807) is 6.20 Å². The predicted molar refractivity (Wildman–Crippen MR) is 141 cm³/mol. The van der Waals surface area contributed by atoms with Crippen molar-refractivity contribution in [3.63, 3.8) is 0 Å². The van der Waals surface area contributed by atoms with Crippen LogP contribution in [0.2, 0.25) is 0 Å². The van der Waals surface area contributed by atoms with Crippen LogP contribution < -0.4 is 5.32 Å². The van der Waals surface area contributed by atoms with Crippen molar-refractivity contribution in [1.29, 1.82) is 0 Å². The number of benzene rings is 1. The normalized spacial score (nSPS) is 22.5. The first kappa shape index (κ1) is 24.3. The van der Waals surface area contributed by atoms with Crippen LogP contribution in [0, 0.1) is 5.92 Å². The fraction of sp³-hybridized carbons (Fsp3) is 0.538. The van der Waals surface area contributed by atoms with E-state index in [0.717, 1.165) is 72.2 Å². The van der Waals surface area contributed by atoms with Crippen molar-refractivity contribution in [1.82, 2.24) is 24.9 Å². The Kier molecular flexibility index (Phi) is 7.18. The Hall–Kier alpha value is -2.36. The van der Waals surface area contributed by atoms with Crippen molar-refractivity contribution in [3.05, 3.63) is 40.0 Å². The van der Waals surface area contributed by atoms with Crippen LogP contribution >= 0.6 is 15.9 Å². The molecule has 1 aromatic heterocycles. The number of rotatable bonds is 6. The van der Waals surface area contributed by atoms with Gasteiger partial charge in [-0.2, -0.15) is 5.10 Å². The van der Waals surface area contributed by atoms with Gasteiger partial charge in [-0.1, -0.05) is 28.8 Å². The van der Waals surface area contributed by atoms with Gasteiger partial charge in [0.15, 0.2) is 0 Å². The van der Waals surface area contributed by atoms with Crippen LogP contribution in [0.3, 0.4) is 0 Å². The lowest BCUT2D eigenvalue weighted by molar-refractivity contribution is -0.120. The lowest BCUT2D eigenvalue weighted by Gasteiger charge is -2.34. The number of piperazine rings is 1. The summed E-state index contributed by atoms with van der Waals surface area (Å²) in [6, 6.07) is 4.27. The van der Waals surface area contributed by atoms with Gasteiger partial charge >= 0.3 is 0 Å². The molecule has 1 aliphatic carbocycles. The Bertz CT molecular complexity index is 1190. The lowest BCUT2D eigenvalue weighted by atomic mass is 9.93. The van der Waals surface area contributed by atoms with Gasteiger partial charge in [0.05, 0.1) is 29.2 Å². The van der Waals surface area contributed by atoms with Crippen LogP contribution in [-0.4, -0.2) is 83.4 Å². The third-order valence-corrected chi connectivity index (χ3v) is 7.95. The molecule has 1 N–H and O–H groups in total. The minimum absolute atomic E-state index is 0.178. The summed E-state index contributed by atoms with van der Waals surface area (Å²) in [7, 11) is 2.13. The summed E-state index contributed by atoms with van der Waals surface area (Å²) in [4.78, 5) is 35.1. The van der Waals surface area contributed by atoms with Gasteiger partial charge in [0.25, 0.3) is 11.8 Å². The van der Waals surface area contributed by atoms with Crippen molar-refractivity contribution in [3.8, 4) is 0 Å². The molecule has 3 heterocycles.